The van der Waals surface area contributed by atoms with Crippen molar-refractivity contribution in [3.63, 3.8) is 0 Å². The highest BCUT2D eigenvalue weighted by molar-refractivity contribution is 7.86. The van der Waals surface area contributed by atoms with Crippen molar-refractivity contribution in [3.8, 4) is 11.5 Å². The monoisotopic (exact) mass is 1140 g/mol. The molecule has 0 radical (unpaired) electrons. The number of methoxy groups -OCH3 is 2. The Morgan fingerprint density at radius 2 is 1.70 bits per heavy atom. The molecule has 0 aliphatic carbocycles. The number of alkyl carbamates (subject to hydrolysis) is 1. The highest BCUT2D eigenvalue weighted by atomic mass is 35.5. The maximum absolute atomic E-state index is 14.3. The molecule has 4 aliphatic rings. The van der Waals surface area contributed by atoms with E-state index in [0.29, 0.717) is 48.4 Å². The second-order valence-electron chi connectivity index (χ2n) is 20.4. The number of nitrogens with one attached hydrogen (secondary N) is 1. The maximum Gasteiger partial charge on any atom is 0.409 e. The lowest BCUT2D eigenvalue weighted by atomic mass is 9.83. The van der Waals surface area contributed by atoms with Gasteiger partial charge in [0, 0.05) is 69.3 Å². The zero-order valence-corrected chi connectivity index (χ0v) is 47.0. The Kier molecular flexibility index (Phi) is 19.4. The van der Waals surface area contributed by atoms with E-state index in [4.69, 9.17) is 40.0 Å². The number of nitrogens with zero attached hydrogens (tertiary/aromatic N) is 3. The summed E-state index contributed by atoms with van der Waals surface area (Å²) in [7, 11) is -0.493. The maximum atomic E-state index is 14.3. The predicted octanol–water partition coefficient (Wildman–Crippen LogP) is 6.28. The van der Waals surface area contributed by atoms with E-state index in [9.17, 15) is 51.6 Å². The van der Waals surface area contributed by atoms with Crippen molar-refractivity contribution >= 4 is 74.5 Å². The molecule has 2 fully saturated rings. The van der Waals surface area contributed by atoms with Gasteiger partial charge in [-0.25, -0.2) is 9.59 Å². The van der Waals surface area contributed by atoms with Crippen molar-refractivity contribution in [2.75, 3.05) is 45.9 Å². The summed E-state index contributed by atoms with van der Waals surface area (Å²) in [6, 6.07) is 13.6. The highest BCUT2D eigenvalue weighted by Gasteiger charge is 2.64. The lowest BCUT2D eigenvalue weighted by Gasteiger charge is -2.42. The van der Waals surface area contributed by atoms with E-state index in [1.54, 1.807) is 69.3 Å². The van der Waals surface area contributed by atoms with E-state index in [1.807, 2.05) is 13.0 Å². The Bertz CT molecular complexity index is 3140. The molecule has 3 N–H and O–H groups in total. The molecular weight excluding hydrogens is 1080 g/mol. The van der Waals surface area contributed by atoms with Gasteiger partial charge in [0.05, 0.1) is 25.3 Å². The molecule has 2 saturated heterocycles. The van der Waals surface area contributed by atoms with Gasteiger partial charge in [-0.15, -0.1) is 0 Å². The number of carbonyl (C=O) groups excluding carboxylic acids is 7. The van der Waals surface area contributed by atoms with E-state index in [2.05, 4.69) is 10.3 Å². The Hall–Kier alpha value is -7.08. The first kappa shape index (κ1) is 60.6. The number of aliphatic imine (C=N–C) groups is 1. The zero-order valence-electron chi connectivity index (χ0n) is 45.4. The van der Waals surface area contributed by atoms with Gasteiger partial charge in [-0.2, -0.15) is 8.42 Å². The number of aliphatic hydroxyl groups is 1. The Labute approximate surface area is 468 Å². The molecular formula is C57H65ClN4O17S. The van der Waals surface area contributed by atoms with Crippen molar-refractivity contribution in [1.29, 1.82) is 0 Å². The summed E-state index contributed by atoms with van der Waals surface area (Å²) in [5.41, 5.74) is -0.310. The van der Waals surface area contributed by atoms with Crippen LogP contribution in [-0.4, -0.2) is 147 Å². The number of epoxide rings is 1. The van der Waals surface area contributed by atoms with Gasteiger partial charge in [-0.1, -0.05) is 54.8 Å². The number of fused-ring (bicyclic) bond motifs is 5. The topological polar surface area (TPSA) is 284 Å². The second-order valence-corrected chi connectivity index (χ2v) is 22.2. The lowest BCUT2D eigenvalue weighted by molar-refractivity contribution is -0.156. The van der Waals surface area contributed by atoms with Crippen LogP contribution in [-0.2, 0) is 65.9 Å². The van der Waals surface area contributed by atoms with Crippen molar-refractivity contribution in [3.05, 3.63) is 118 Å². The van der Waals surface area contributed by atoms with E-state index in [-0.39, 0.29) is 71.7 Å². The summed E-state index contributed by atoms with van der Waals surface area (Å²) in [6.07, 6.45) is 4.32. The molecule has 0 spiro atoms. The van der Waals surface area contributed by atoms with Crippen molar-refractivity contribution in [1.82, 2.24) is 10.2 Å². The Morgan fingerprint density at radius 1 is 0.988 bits per heavy atom. The SMILES string of the molecule is COc1cc2cc(c1Cl)N(C)C(=O)C[C@H](OC(=O)COc1ccc(C(C)=NCC(=O)c3ccc(CC(=O)CCCCCN4C(=O)C=CC4=O)cc3S(=O)(=O)O)cc1)[C@]1(C)O[C@H]1[C@H](C)[C@@H]1C[C@@](O)(NC(=O)O1)[C@H](OC)/C=C/C=C(\C)C2. The number of rotatable bonds is 19. The first-order chi connectivity index (χ1) is 37.8. The molecule has 21 nitrogen and oxygen atoms in total. The Morgan fingerprint density at radius 3 is 2.38 bits per heavy atom. The summed E-state index contributed by atoms with van der Waals surface area (Å²) in [5, 5.41) is 14.5. The third-order valence-electron chi connectivity index (χ3n) is 14.6. The molecule has 23 heteroatoms. The summed E-state index contributed by atoms with van der Waals surface area (Å²) >= 11 is 6.80. The number of benzene rings is 3. The largest absolute Gasteiger partial charge is 0.495 e. The molecule has 80 heavy (non-hydrogen) atoms. The van der Waals surface area contributed by atoms with Gasteiger partial charge < -0.3 is 38.4 Å². The standard InChI is InChI=1S/C57H65ClN4O17S/c1-33-12-11-14-47(75-7)57(70)30-45(77-55(69)60-57)34(2)54-56(4,79-54)48(29-51(67)61(5)42-26-37(24-33)27-44(74-6)53(42)58)78-52(68)32-76-40-18-16-38(17-19-40)35(3)59-31-43(64)41-20-15-36(28-46(41)80(71,72)73)25-39(63)13-9-8-10-23-62-49(65)21-22-50(62)66/h11-12,14-22,26-28,34,45,47-48,54,70H,8-10,13,23-25,29-32H2,1-7H3,(H,60,69)(H,71,72,73)/b14-11+,33-12+,59-35?/t34-,45+,47-,48+,54+,56+,57+/m1/s1. The van der Waals surface area contributed by atoms with Crippen molar-refractivity contribution in [2.45, 2.75) is 120 Å². The fraction of sp³-hybridized carbons (Fsp3) is 0.439. The Balaban J connectivity index is 0.997. The normalized spacial score (nSPS) is 25.4. The number of ether oxygens (including phenoxy) is 6. The average molecular weight is 1150 g/mol. The predicted molar refractivity (Wildman–Crippen MR) is 291 cm³/mol. The third-order valence-corrected chi connectivity index (χ3v) is 15.8. The van der Waals surface area contributed by atoms with Crippen LogP contribution in [0, 0.1) is 5.92 Å². The number of allylic oxidation sites excluding steroid dienone is 3. The average Bonchev–Trinajstić information content (AvgIpc) is 4.08. The molecule has 0 aromatic heterocycles. The van der Waals surface area contributed by atoms with Crippen LogP contribution in [0.5, 0.6) is 11.5 Å². The van der Waals surface area contributed by atoms with E-state index < -0.39 is 93.6 Å². The summed E-state index contributed by atoms with van der Waals surface area (Å²) in [4.78, 5) is 96.7. The summed E-state index contributed by atoms with van der Waals surface area (Å²) < 4.78 is 70.0. The molecule has 7 atom stereocenters. The number of Topliss-reactive ketones (excluding diaryl/α,β-unsaturated/α-hetero) is 2. The van der Waals surface area contributed by atoms with Gasteiger partial charge in [0.15, 0.2) is 18.1 Å². The smallest absolute Gasteiger partial charge is 0.409 e. The molecule has 428 valence electrons. The van der Waals surface area contributed by atoms with E-state index >= 15 is 0 Å². The molecule has 4 amide bonds. The zero-order chi connectivity index (χ0) is 58.3. The molecule has 4 bridgehead atoms. The highest BCUT2D eigenvalue weighted by Crippen LogP contribution is 2.49. The van der Waals surface area contributed by atoms with Gasteiger partial charge >= 0.3 is 12.1 Å². The van der Waals surface area contributed by atoms with Crippen LogP contribution in [0.1, 0.15) is 93.3 Å². The molecule has 0 saturated carbocycles. The van der Waals surface area contributed by atoms with Crippen LogP contribution in [0.4, 0.5) is 10.5 Å². The second kappa shape index (κ2) is 25.6. The molecule has 0 unspecified atom stereocenters. The van der Waals surface area contributed by atoms with Crippen molar-refractivity contribution < 1.29 is 80.1 Å². The van der Waals surface area contributed by atoms with E-state index in [1.165, 1.54) is 50.5 Å². The lowest BCUT2D eigenvalue weighted by Crippen LogP contribution is -2.63. The summed E-state index contributed by atoms with van der Waals surface area (Å²) in [6.45, 7) is 6.09. The minimum Gasteiger partial charge on any atom is -0.495 e. The van der Waals surface area contributed by atoms with Gasteiger partial charge in [-0.3, -0.25) is 43.7 Å². The molecule has 4 heterocycles. The van der Waals surface area contributed by atoms with Gasteiger partial charge in [0.1, 0.15) is 57.7 Å². The van der Waals surface area contributed by atoms with E-state index in [0.717, 1.165) is 22.1 Å². The number of hydrogen-bond acceptors (Lipinski definition) is 17. The molecule has 7 rings (SSSR count). The number of imide groups is 1. The first-order valence-corrected chi connectivity index (χ1v) is 27.7. The van der Waals surface area contributed by atoms with Crippen LogP contribution in [0.2, 0.25) is 5.02 Å². The van der Waals surface area contributed by atoms with Crippen molar-refractivity contribution in [2.24, 2.45) is 10.9 Å². The number of ketones is 2. The van der Waals surface area contributed by atoms with Gasteiger partial charge in [0.2, 0.25) is 5.91 Å². The third kappa shape index (κ3) is 14.6. The number of hydrogen-bond donors (Lipinski definition) is 3. The molecule has 3 aromatic carbocycles. The van der Waals surface area contributed by atoms with Gasteiger partial charge in [-0.05, 0) is 105 Å². The first-order valence-electron chi connectivity index (χ1n) is 25.8. The van der Waals surface area contributed by atoms with Crippen LogP contribution >= 0.6 is 11.6 Å². The van der Waals surface area contributed by atoms with Crippen LogP contribution in [0.15, 0.2) is 100 Å². The fourth-order valence-electron chi connectivity index (χ4n) is 9.96. The number of carbonyl (C=O) groups is 7. The molecule has 4 aliphatic heterocycles. The fourth-order valence-corrected chi connectivity index (χ4v) is 11.0. The number of unbranched alkanes of at least 4 members (excludes halogenated alkanes) is 2. The summed E-state index contributed by atoms with van der Waals surface area (Å²) in [5.74, 6) is -3.06. The number of halogens is 1. The van der Waals surface area contributed by atoms with Crippen LogP contribution < -0.4 is 19.7 Å². The van der Waals surface area contributed by atoms with Crippen LogP contribution in [0.25, 0.3) is 0 Å². The number of anilines is 1. The number of amides is 4. The minimum absolute atomic E-state index is 0.105. The van der Waals surface area contributed by atoms with Gasteiger partial charge in [0.25, 0.3) is 21.9 Å². The number of esters is 1. The minimum atomic E-state index is -4.90. The molecule has 3 aromatic rings. The van der Waals surface area contributed by atoms with Crippen LogP contribution in [0.3, 0.4) is 0 Å². The quantitative estimate of drug-likeness (QED) is 0.0226.